The Labute approximate surface area is 237 Å². The van der Waals surface area contributed by atoms with E-state index in [-0.39, 0.29) is 11.5 Å². The molecule has 0 saturated carbocycles. The van der Waals surface area contributed by atoms with Crippen LogP contribution in [0.4, 0.5) is 0 Å². The lowest BCUT2D eigenvalue weighted by atomic mass is 9.82. The molecule has 1 atom stereocenters. The summed E-state index contributed by atoms with van der Waals surface area (Å²) in [6, 6.07) is 7.30. The first kappa shape index (κ1) is 31.1. The van der Waals surface area contributed by atoms with Crippen molar-refractivity contribution in [3.05, 3.63) is 65.0 Å². The summed E-state index contributed by atoms with van der Waals surface area (Å²) in [7, 11) is 1.96. The van der Waals surface area contributed by atoms with Crippen LogP contribution in [0.2, 0.25) is 0 Å². The van der Waals surface area contributed by atoms with Crippen molar-refractivity contribution in [1.82, 2.24) is 20.9 Å². The number of benzene rings is 1. The predicted molar refractivity (Wildman–Crippen MR) is 166 cm³/mol. The molecule has 4 N–H and O–H groups in total. The number of fused-ring (bicyclic) bond motifs is 1. The van der Waals surface area contributed by atoms with Gasteiger partial charge >= 0.3 is 0 Å². The molecule has 1 aromatic rings. The van der Waals surface area contributed by atoms with Crippen molar-refractivity contribution in [2.75, 3.05) is 39.9 Å². The fourth-order valence-electron chi connectivity index (χ4n) is 5.64. The van der Waals surface area contributed by atoms with Crippen LogP contribution in [-0.2, 0) is 17.7 Å². The molecule has 216 valence electrons. The first-order valence-electron chi connectivity index (χ1n) is 14.9. The molecular formula is C33H53N5O. The third-order valence-corrected chi connectivity index (χ3v) is 7.95. The van der Waals surface area contributed by atoms with Gasteiger partial charge in [-0.1, -0.05) is 51.6 Å². The molecule has 2 aliphatic heterocycles. The minimum atomic E-state index is 0.122. The van der Waals surface area contributed by atoms with E-state index in [4.69, 9.17) is 16.7 Å². The second-order valence-electron chi connectivity index (χ2n) is 12.2. The van der Waals surface area contributed by atoms with E-state index >= 15 is 0 Å². The van der Waals surface area contributed by atoms with E-state index in [9.17, 15) is 0 Å². The number of allylic oxidation sites excluding steroid dienone is 3. The first-order valence-corrected chi connectivity index (χ1v) is 14.9. The lowest BCUT2D eigenvalue weighted by Crippen LogP contribution is -2.45. The van der Waals surface area contributed by atoms with Crippen LogP contribution < -0.4 is 16.0 Å². The van der Waals surface area contributed by atoms with Crippen molar-refractivity contribution < 1.29 is 4.74 Å². The Morgan fingerprint density at radius 3 is 2.67 bits per heavy atom. The van der Waals surface area contributed by atoms with Crippen LogP contribution in [0.5, 0.6) is 0 Å². The predicted octanol–water partition coefficient (Wildman–Crippen LogP) is 5.66. The fraction of sp³-hybridized carbons (Fsp3) is 0.606. The van der Waals surface area contributed by atoms with Gasteiger partial charge in [0.25, 0.3) is 0 Å². The lowest BCUT2D eigenvalue weighted by Gasteiger charge is -2.35. The van der Waals surface area contributed by atoms with Gasteiger partial charge in [-0.2, -0.15) is 0 Å². The standard InChI is InChI=1S/C33H53N5O/c1-7-17-36-18-12-32(37-27-14-20-39-21-15-27)30(11-16-33(3,4)5)25(2)29-10-8-9-26-24-38(19-13-31(26)29)28(22-34)23-35-6/h7-10,17,22,27-28,34-37H,2,11-16,18-21,23-24H2,1,3-6H3/b17-7-,32-30-,34-22?. The van der Waals surface area contributed by atoms with Gasteiger partial charge in [0.1, 0.15) is 0 Å². The Balaban J connectivity index is 1.97. The van der Waals surface area contributed by atoms with Gasteiger partial charge in [0.15, 0.2) is 0 Å². The molecule has 39 heavy (non-hydrogen) atoms. The van der Waals surface area contributed by atoms with Crippen LogP contribution >= 0.6 is 0 Å². The molecule has 0 spiro atoms. The van der Waals surface area contributed by atoms with E-state index < -0.39 is 0 Å². The Kier molecular flexibility index (Phi) is 12.3. The normalized spacial score (nSPS) is 18.4. The molecule has 2 aliphatic rings. The molecular weight excluding hydrogens is 482 g/mol. The average molecular weight is 536 g/mol. The second kappa shape index (κ2) is 15.4. The number of ether oxygens (including phenoxy) is 1. The van der Waals surface area contributed by atoms with Crippen LogP contribution in [0, 0.1) is 10.8 Å². The average Bonchev–Trinajstić information content (AvgIpc) is 2.93. The van der Waals surface area contributed by atoms with Gasteiger partial charge in [0, 0.05) is 63.8 Å². The summed E-state index contributed by atoms with van der Waals surface area (Å²) in [6.45, 7) is 19.0. The van der Waals surface area contributed by atoms with Gasteiger partial charge in [-0.15, -0.1) is 0 Å². The van der Waals surface area contributed by atoms with Crippen LogP contribution in [0.1, 0.15) is 76.5 Å². The van der Waals surface area contributed by atoms with Crippen LogP contribution in [0.3, 0.4) is 0 Å². The van der Waals surface area contributed by atoms with E-state index in [2.05, 4.69) is 59.8 Å². The van der Waals surface area contributed by atoms with Crippen molar-refractivity contribution in [1.29, 1.82) is 5.41 Å². The number of nitrogens with one attached hydrogen (secondary N) is 4. The SMILES string of the molecule is C=C(/C(CCC(C)(C)C)=C(/CCN/C=C\C)NC1CCOCC1)c1cccc2c1CCN(C(C=N)CNC)C2. The van der Waals surface area contributed by atoms with Gasteiger partial charge in [-0.25, -0.2) is 0 Å². The maximum Gasteiger partial charge on any atom is 0.0572 e. The smallest absolute Gasteiger partial charge is 0.0572 e. The summed E-state index contributed by atoms with van der Waals surface area (Å²) in [6.07, 6.45) is 11.8. The monoisotopic (exact) mass is 535 g/mol. The maximum absolute atomic E-state index is 7.93. The molecule has 1 unspecified atom stereocenters. The summed E-state index contributed by atoms with van der Waals surface area (Å²) in [4.78, 5) is 2.42. The summed E-state index contributed by atoms with van der Waals surface area (Å²) < 4.78 is 5.66. The van der Waals surface area contributed by atoms with Crippen molar-refractivity contribution in [3.8, 4) is 0 Å². The molecule has 6 heteroatoms. The Bertz CT molecular complexity index is 1000. The van der Waals surface area contributed by atoms with Crippen molar-refractivity contribution in [2.24, 2.45) is 5.41 Å². The summed E-state index contributed by atoms with van der Waals surface area (Å²) >= 11 is 0. The van der Waals surface area contributed by atoms with E-state index in [0.717, 1.165) is 77.9 Å². The summed E-state index contributed by atoms with van der Waals surface area (Å²) in [5.41, 5.74) is 8.21. The van der Waals surface area contributed by atoms with Gasteiger partial charge < -0.3 is 26.1 Å². The fourth-order valence-corrected chi connectivity index (χ4v) is 5.64. The lowest BCUT2D eigenvalue weighted by molar-refractivity contribution is 0.0801. The molecule has 0 aliphatic carbocycles. The van der Waals surface area contributed by atoms with Gasteiger partial charge in [-0.05, 0) is 85.5 Å². The molecule has 0 radical (unpaired) electrons. The van der Waals surface area contributed by atoms with Gasteiger partial charge in [0.05, 0.1) is 6.04 Å². The highest BCUT2D eigenvalue weighted by Gasteiger charge is 2.26. The Hall–Kier alpha value is -2.41. The summed E-state index contributed by atoms with van der Waals surface area (Å²) in [5, 5.41) is 18.6. The minimum Gasteiger partial charge on any atom is -0.391 e. The highest BCUT2D eigenvalue weighted by atomic mass is 16.5. The Morgan fingerprint density at radius 1 is 1.23 bits per heavy atom. The van der Waals surface area contributed by atoms with Gasteiger partial charge in [-0.3, -0.25) is 4.90 Å². The molecule has 2 heterocycles. The zero-order chi connectivity index (χ0) is 28.3. The summed E-state index contributed by atoms with van der Waals surface area (Å²) in [5.74, 6) is 0. The number of likely N-dealkylation sites (N-methyl/N-ethyl adjacent to an activating group) is 1. The molecule has 1 fully saturated rings. The maximum atomic E-state index is 7.93. The zero-order valence-electron chi connectivity index (χ0n) is 25.2. The quantitative estimate of drug-likeness (QED) is 0.141. The third-order valence-electron chi connectivity index (χ3n) is 7.95. The topological polar surface area (TPSA) is 72.4 Å². The van der Waals surface area contributed by atoms with Crippen molar-refractivity contribution in [3.63, 3.8) is 0 Å². The van der Waals surface area contributed by atoms with E-state index in [1.165, 1.54) is 33.5 Å². The second-order valence-corrected chi connectivity index (χ2v) is 12.2. The van der Waals surface area contributed by atoms with Crippen molar-refractivity contribution >= 4 is 11.8 Å². The molecule has 0 amide bonds. The highest BCUT2D eigenvalue weighted by molar-refractivity contribution is 5.80. The third kappa shape index (κ3) is 9.33. The van der Waals surface area contributed by atoms with Crippen molar-refractivity contribution in [2.45, 2.75) is 84.8 Å². The van der Waals surface area contributed by atoms with E-state index in [0.29, 0.717) is 6.04 Å². The van der Waals surface area contributed by atoms with E-state index in [1.807, 2.05) is 26.2 Å². The largest absolute Gasteiger partial charge is 0.391 e. The van der Waals surface area contributed by atoms with E-state index in [1.54, 1.807) is 6.21 Å². The number of hydrogen-bond acceptors (Lipinski definition) is 6. The molecule has 3 rings (SSSR count). The molecule has 6 nitrogen and oxygen atoms in total. The molecule has 0 bridgehead atoms. The number of hydrogen-bond donors (Lipinski definition) is 4. The highest BCUT2D eigenvalue weighted by Crippen LogP contribution is 2.36. The molecule has 0 aromatic heterocycles. The Morgan fingerprint density at radius 2 is 2.00 bits per heavy atom. The van der Waals surface area contributed by atoms with Crippen LogP contribution in [-0.4, -0.2) is 63.1 Å². The van der Waals surface area contributed by atoms with Crippen LogP contribution in [0.15, 0.2) is 48.3 Å². The number of nitrogens with zero attached hydrogens (tertiary/aromatic N) is 1. The zero-order valence-corrected chi connectivity index (χ0v) is 25.2. The minimum absolute atomic E-state index is 0.122. The first-order chi connectivity index (χ1) is 18.8. The van der Waals surface area contributed by atoms with Gasteiger partial charge in [0.2, 0.25) is 0 Å². The molecule has 1 aromatic carbocycles. The molecule has 1 saturated heterocycles. The number of rotatable bonds is 14. The van der Waals surface area contributed by atoms with Crippen LogP contribution in [0.25, 0.3) is 5.57 Å².